The molecular formula is C25H25BrN2O4. The van der Waals surface area contributed by atoms with E-state index in [1.165, 1.54) is 7.11 Å². The van der Waals surface area contributed by atoms with Crippen molar-refractivity contribution in [2.24, 2.45) is 5.92 Å². The highest BCUT2D eigenvalue weighted by atomic mass is 79.9. The van der Waals surface area contributed by atoms with Gasteiger partial charge >= 0.3 is 0 Å². The monoisotopic (exact) mass is 496 g/mol. The first kappa shape index (κ1) is 21.4. The van der Waals surface area contributed by atoms with E-state index >= 15 is 0 Å². The third kappa shape index (κ3) is 2.72. The fourth-order valence-electron chi connectivity index (χ4n) is 5.69. The van der Waals surface area contributed by atoms with Gasteiger partial charge in [-0.3, -0.25) is 4.98 Å². The van der Waals surface area contributed by atoms with Gasteiger partial charge in [-0.15, -0.1) is 0 Å². The van der Waals surface area contributed by atoms with Crippen LogP contribution in [0.3, 0.4) is 0 Å². The van der Waals surface area contributed by atoms with Crippen LogP contribution in [0.2, 0.25) is 0 Å². The molecule has 5 atom stereocenters. The Kier molecular flexibility index (Phi) is 5.25. The van der Waals surface area contributed by atoms with E-state index in [1.807, 2.05) is 61.6 Å². The van der Waals surface area contributed by atoms with Crippen LogP contribution >= 0.6 is 15.9 Å². The highest BCUT2D eigenvalue weighted by molar-refractivity contribution is 9.10. The minimum Gasteiger partial charge on any atom is -0.495 e. The van der Waals surface area contributed by atoms with Crippen molar-refractivity contribution in [2.75, 3.05) is 20.7 Å². The van der Waals surface area contributed by atoms with Crippen LogP contribution < -0.4 is 14.8 Å². The number of halogens is 1. The summed E-state index contributed by atoms with van der Waals surface area (Å²) in [7, 11) is 3.37. The van der Waals surface area contributed by atoms with E-state index < -0.39 is 17.3 Å². The van der Waals surface area contributed by atoms with Crippen LogP contribution in [0.1, 0.15) is 22.6 Å². The average molecular weight is 497 g/mol. The molecule has 1 saturated carbocycles. The lowest BCUT2D eigenvalue weighted by Crippen LogP contribution is -2.52. The van der Waals surface area contributed by atoms with Crippen LogP contribution in [0.25, 0.3) is 0 Å². The number of fused-ring (bicyclic) bond motifs is 3. The van der Waals surface area contributed by atoms with E-state index in [9.17, 15) is 10.2 Å². The maximum atomic E-state index is 12.5. The first-order valence-electron chi connectivity index (χ1n) is 10.6. The van der Waals surface area contributed by atoms with Crippen LogP contribution in [0.15, 0.2) is 71.5 Å². The molecule has 166 valence electrons. The molecule has 0 radical (unpaired) electrons. The largest absolute Gasteiger partial charge is 0.495 e. The Bertz CT molecular complexity index is 1130. The molecule has 0 spiro atoms. The van der Waals surface area contributed by atoms with E-state index in [0.29, 0.717) is 23.6 Å². The first-order chi connectivity index (χ1) is 15.5. The minimum atomic E-state index is -1.76. The van der Waals surface area contributed by atoms with E-state index in [4.69, 9.17) is 9.47 Å². The lowest BCUT2D eigenvalue weighted by Gasteiger charge is -2.41. The smallest absolute Gasteiger partial charge is 0.177 e. The molecule has 2 aliphatic rings. The molecule has 5 unspecified atom stereocenters. The SMILES string of the molecule is CNCC1C(O)C2(O)c3c(OC)cncc3OC2(c2ccc(Br)cc2)C1c1ccccc1. The van der Waals surface area contributed by atoms with Gasteiger partial charge in [-0.2, -0.15) is 0 Å². The van der Waals surface area contributed by atoms with Gasteiger partial charge in [-0.25, -0.2) is 0 Å². The molecule has 2 aromatic carbocycles. The third-order valence-corrected chi connectivity index (χ3v) is 7.41. The summed E-state index contributed by atoms with van der Waals surface area (Å²) in [5.74, 6) is 0.120. The molecule has 0 saturated heterocycles. The van der Waals surface area contributed by atoms with Crippen molar-refractivity contribution < 1.29 is 19.7 Å². The van der Waals surface area contributed by atoms with Gasteiger partial charge in [0.05, 0.1) is 31.2 Å². The second-order valence-electron chi connectivity index (χ2n) is 8.38. The summed E-state index contributed by atoms with van der Waals surface area (Å²) in [5.41, 5.74) is -0.857. The predicted octanol–water partition coefficient (Wildman–Crippen LogP) is 3.32. The molecule has 32 heavy (non-hydrogen) atoms. The van der Waals surface area contributed by atoms with Crippen molar-refractivity contribution in [2.45, 2.75) is 23.2 Å². The molecule has 3 aromatic rings. The van der Waals surface area contributed by atoms with Gasteiger partial charge in [0.1, 0.15) is 11.5 Å². The van der Waals surface area contributed by atoms with Gasteiger partial charge in [-0.1, -0.05) is 58.4 Å². The Hall–Kier alpha value is -2.45. The Morgan fingerprint density at radius 2 is 1.84 bits per heavy atom. The quantitative estimate of drug-likeness (QED) is 0.502. The standard InChI is InChI=1S/C25H25BrN2O4/c1-27-12-18-21(15-6-4-3-5-7-15)25(16-8-10-17(26)11-9-16)24(30,23(18)29)22-19(31-2)13-28-14-20(22)32-25/h3-11,13-14,18,21,23,27,29-30H,12H2,1-2H3. The Labute approximate surface area is 195 Å². The summed E-state index contributed by atoms with van der Waals surface area (Å²) in [5, 5.41) is 27.5. The zero-order valence-corrected chi connectivity index (χ0v) is 19.4. The number of pyridine rings is 1. The van der Waals surface area contributed by atoms with Crippen LogP contribution in [-0.4, -0.2) is 42.0 Å². The summed E-state index contributed by atoms with van der Waals surface area (Å²) in [6, 6.07) is 17.7. The zero-order chi connectivity index (χ0) is 22.5. The number of aromatic nitrogens is 1. The van der Waals surface area contributed by atoms with E-state index in [-0.39, 0.29) is 11.8 Å². The van der Waals surface area contributed by atoms with Gasteiger partial charge in [-0.05, 0) is 30.3 Å². The topological polar surface area (TPSA) is 83.8 Å². The predicted molar refractivity (Wildman–Crippen MR) is 124 cm³/mol. The Morgan fingerprint density at radius 1 is 1.12 bits per heavy atom. The third-order valence-electron chi connectivity index (χ3n) is 6.89. The maximum Gasteiger partial charge on any atom is 0.177 e. The van der Waals surface area contributed by atoms with Crippen LogP contribution in [-0.2, 0) is 11.2 Å². The van der Waals surface area contributed by atoms with Gasteiger partial charge in [0.2, 0.25) is 0 Å². The van der Waals surface area contributed by atoms with Crippen LogP contribution in [0.4, 0.5) is 0 Å². The number of benzene rings is 2. The molecule has 1 aromatic heterocycles. The summed E-state index contributed by atoms with van der Waals surface area (Å²) in [6.07, 6.45) is 2.01. The first-order valence-corrected chi connectivity index (χ1v) is 11.4. The molecule has 6 nitrogen and oxygen atoms in total. The molecule has 2 heterocycles. The number of aliphatic hydroxyl groups is 2. The Balaban J connectivity index is 1.86. The lowest BCUT2D eigenvalue weighted by atomic mass is 9.70. The molecular weight excluding hydrogens is 472 g/mol. The molecule has 7 heteroatoms. The fourth-order valence-corrected chi connectivity index (χ4v) is 5.96. The van der Waals surface area contributed by atoms with Crippen molar-refractivity contribution in [1.82, 2.24) is 10.3 Å². The number of nitrogens with one attached hydrogen (secondary N) is 1. The van der Waals surface area contributed by atoms with Crippen LogP contribution in [0, 0.1) is 5.92 Å². The molecule has 3 N–H and O–H groups in total. The second kappa shape index (κ2) is 7.85. The highest BCUT2D eigenvalue weighted by Crippen LogP contribution is 2.69. The number of rotatable bonds is 5. The van der Waals surface area contributed by atoms with Gasteiger partial charge < -0.3 is 25.0 Å². The van der Waals surface area contributed by atoms with Crippen LogP contribution in [0.5, 0.6) is 11.5 Å². The molecule has 5 rings (SSSR count). The molecule has 1 fully saturated rings. The van der Waals surface area contributed by atoms with E-state index in [2.05, 4.69) is 26.2 Å². The molecule has 1 aliphatic carbocycles. The maximum absolute atomic E-state index is 12.5. The molecule has 1 aliphatic heterocycles. The number of nitrogens with zero attached hydrogens (tertiary/aromatic N) is 1. The van der Waals surface area contributed by atoms with Gasteiger partial charge in [0.25, 0.3) is 0 Å². The Morgan fingerprint density at radius 3 is 2.50 bits per heavy atom. The minimum absolute atomic E-state index is 0.331. The highest BCUT2D eigenvalue weighted by Gasteiger charge is 2.76. The number of hydrogen-bond donors (Lipinski definition) is 3. The van der Waals surface area contributed by atoms with Crippen molar-refractivity contribution in [3.63, 3.8) is 0 Å². The summed E-state index contributed by atoms with van der Waals surface area (Å²) >= 11 is 3.50. The molecule has 0 bridgehead atoms. The fraction of sp³-hybridized carbons (Fsp3) is 0.320. The average Bonchev–Trinajstić information content (AvgIpc) is 3.19. The summed E-state index contributed by atoms with van der Waals surface area (Å²) in [6.45, 7) is 0.493. The van der Waals surface area contributed by atoms with Crippen molar-refractivity contribution in [3.8, 4) is 11.5 Å². The van der Waals surface area contributed by atoms with Crippen molar-refractivity contribution in [1.29, 1.82) is 0 Å². The molecule has 0 amide bonds. The number of aliphatic hydroxyl groups excluding tert-OH is 1. The van der Waals surface area contributed by atoms with E-state index in [1.54, 1.807) is 12.4 Å². The summed E-state index contributed by atoms with van der Waals surface area (Å²) in [4.78, 5) is 4.24. The van der Waals surface area contributed by atoms with Crippen molar-refractivity contribution in [3.05, 3.63) is 88.2 Å². The summed E-state index contributed by atoms with van der Waals surface area (Å²) < 4.78 is 13.2. The second-order valence-corrected chi connectivity index (χ2v) is 9.30. The number of methoxy groups -OCH3 is 1. The van der Waals surface area contributed by atoms with Gasteiger partial charge in [0, 0.05) is 22.9 Å². The normalized spacial score (nSPS) is 30.5. The van der Waals surface area contributed by atoms with Crippen molar-refractivity contribution >= 4 is 15.9 Å². The lowest BCUT2D eigenvalue weighted by molar-refractivity contribution is -0.152. The zero-order valence-electron chi connectivity index (χ0n) is 17.8. The van der Waals surface area contributed by atoms with E-state index in [0.717, 1.165) is 15.6 Å². The number of ether oxygens (including phenoxy) is 2. The number of hydrogen-bond acceptors (Lipinski definition) is 6. The van der Waals surface area contributed by atoms with Gasteiger partial charge in [0.15, 0.2) is 11.2 Å².